The number of fused-ring (bicyclic) bond motifs is 1. The molecule has 3 rings (SSSR count). The second-order valence-electron chi connectivity index (χ2n) is 7.99. The summed E-state index contributed by atoms with van der Waals surface area (Å²) in [5.41, 5.74) is 0.922. The van der Waals surface area contributed by atoms with Crippen molar-refractivity contribution in [3.63, 3.8) is 0 Å². The topological polar surface area (TPSA) is 84.9 Å². The third-order valence-electron chi connectivity index (χ3n) is 4.67. The zero-order valence-corrected chi connectivity index (χ0v) is 18.5. The lowest BCUT2D eigenvalue weighted by atomic mass is 9.98. The van der Waals surface area contributed by atoms with Gasteiger partial charge in [0.2, 0.25) is 0 Å². The van der Waals surface area contributed by atoms with E-state index in [-0.39, 0.29) is 23.5 Å². The first kappa shape index (κ1) is 22.1. The fourth-order valence-electron chi connectivity index (χ4n) is 3.29. The molecular weight excluding hydrogens is 404 g/mol. The van der Waals surface area contributed by atoms with E-state index in [0.717, 1.165) is 11.4 Å². The van der Waals surface area contributed by atoms with Gasteiger partial charge in [-0.2, -0.15) is 8.42 Å². The summed E-state index contributed by atoms with van der Waals surface area (Å²) >= 11 is 0. The number of nitrogens with one attached hydrogen (secondary N) is 1. The molecule has 0 unspecified atom stereocenters. The monoisotopic (exact) mass is 432 g/mol. The Kier molecular flexibility index (Phi) is 6.38. The van der Waals surface area contributed by atoms with Crippen LogP contribution in [-0.2, 0) is 19.1 Å². The van der Waals surface area contributed by atoms with Crippen LogP contribution in [0, 0.1) is 0 Å². The number of amides is 1. The van der Waals surface area contributed by atoms with Crippen LogP contribution in [0.1, 0.15) is 34.1 Å². The third kappa shape index (κ3) is 4.94. The Hall–Kier alpha value is -2.58. The first-order valence-corrected chi connectivity index (χ1v) is 11.4. The Morgan fingerprint density at radius 3 is 2.40 bits per heavy atom. The molecule has 0 bridgehead atoms. The molecule has 162 valence electrons. The molecule has 0 atom stereocenters. The number of hydrogen-bond donors (Lipinski definition) is 1. The van der Waals surface area contributed by atoms with Crippen LogP contribution >= 0.6 is 0 Å². The molecule has 0 spiro atoms. The lowest BCUT2D eigenvalue weighted by molar-refractivity contribution is -0.122. The Labute approximate surface area is 178 Å². The number of carbonyl (C=O) groups is 1. The number of hydrogen-bond acceptors (Lipinski definition) is 6. The minimum Gasteiger partial charge on any atom is -0.491 e. The number of nitrogens with zero attached hydrogens (tertiary/aromatic N) is 1. The molecule has 0 radical (unpaired) electrons. The van der Waals surface area contributed by atoms with Gasteiger partial charge in [-0.3, -0.25) is 8.98 Å². The van der Waals surface area contributed by atoms with Gasteiger partial charge in [-0.1, -0.05) is 12.1 Å². The Balaban J connectivity index is 1.61. The molecule has 0 saturated heterocycles. The van der Waals surface area contributed by atoms with Gasteiger partial charge in [-0.25, -0.2) is 0 Å². The molecular formula is C22H28N2O5S. The quantitative estimate of drug-likeness (QED) is 0.504. The van der Waals surface area contributed by atoms with Crippen molar-refractivity contribution in [3.05, 3.63) is 48.5 Å². The second-order valence-corrected chi connectivity index (χ2v) is 9.61. The summed E-state index contributed by atoms with van der Waals surface area (Å²) in [5, 5.41) is 3.24. The third-order valence-corrected chi connectivity index (χ3v) is 6.00. The van der Waals surface area contributed by atoms with Crippen LogP contribution in [0.3, 0.4) is 0 Å². The molecule has 1 N–H and O–H groups in total. The number of rotatable bonds is 8. The summed E-state index contributed by atoms with van der Waals surface area (Å²) in [6.45, 7) is 7.79. The Bertz CT molecular complexity index is 1000. The van der Waals surface area contributed by atoms with Crippen LogP contribution in [0.4, 0.5) is 11.4 Å². The molecule has 0 aliphatic carbocycles. The van der Waals surface area contributed by atoms with Crippen molar-refractivity contribution in [2.45, 2.75) is 50.7 Å². The van der Waals surface area contributed by atoms with Gasteiger partial charge in [0.15, 0.2) is 0 Å². The first-order valence-electron chi connectivity index (χ1n) is 9.95. The highest BCUT2D eigenvalue weighted by atomic mass is 32.2. The van der Waals surface area contributed by atoms with Crippen molar-refractivity contribution in [1.29, 1.82) is 0 Å². The van der Waals surface area contributed by atoms with Crippen LogP contribution in [-0.4, -0.2) is 39.1 Å². The number of ether oxygens (including phenoxy) is 1. The van der Waals surface area contributed by atoms with Crippen molar-refractivity contribution in [3.8, 4) is 5.75 Å². The molecule has 1 aliphatic rings. The molecule has 7 nitrogen and oxygen atoms in total. The molecule has 2 aromatic carbocycles. The first-order chi connectivity index (χ1) is 14.1. The maximum Gasteiger partial charge on any atom is 0.296 e. The highest BCUT2D eigenvalue weighted by Crippen LogP contribution is 2.35. The molecule has 1 aliphatic heterocycles. The normalized spacial score (nSPS) is 15.6. The molecule has 30 heavy (non-hydrogen) atoms. The van der Waals surface area contributed by atoms with E-state index in [9.17, 15) is 13.2 Å². The number of anilines is 2. The predicted molar refractivity (Wildman–Crippen MR) is 116 cm³/mol. The average molecular weight is 433 g/mol. The summed E-state index contributed by atoms with van der Waals surface area (Å²) < 4.78 is 35.6. The summed E-state index contributed by atoms with van der Waals surface area (Å²) in [6.07, 6.45) is 0.385. The van der Waals surface area contributed by atoms with Crippen LogP contribution in [0.5, 0.6) is 5.75 Å². The van der Waals surface area contributed by atoms with Gasteiger partial charge in [-0.15, -0.1) is 0 Å². The molecule has 0 fully saturated rings. The summed E-state index contributed by atoms with van der Waals surface area (Å²) in [6, 6.07) is 13.7. The van der Waals surface area contributed by atoms with Gasteiger partial charge in [0, 0.05) is 6.54 Å². The summed E-state index contributed by atoms with van der Waals surface area (Å²) in [5.74, 6) is 0.534. The van der Waals surface area contributed by atoms with Gasteiger partial charge in [0.05, 0.1) is 29.0 Å². The van der Waals surface area contributed by atoms with E-state index >= 15 is 0 Å². The number of para-hydroxylation sites is 2. The van der Waals surface area contributed by atoms with E-state index in [1.807, 2.05) is 52.0 Å². The highest BCUT2D eigenvalue weighted by molar-refractivity contribution is 7.86. The number of benzene rings is 2. The van der Waals surface area contributed by atoms with Crippen LogP contribution < -0.4 is 15.0 Å². The smallest absolute Gasteiger partial charge is 0.296 e. The highest BCUT2D eigenvalue weighted by Gasteiger charge is 2.38. The molecule has 0 aromatic heterocycles. The van der Waals surface area contributed by atoms with E-state index in [1.54, 1.807) is 17.0 Å². The zero-order chi connectivity index (χ0) is 21.9. The van der Waals surface area contributed by atoms with E-state index in [0.29, 0.717) is 18.7 Å². The minimum atomic E-state index is -3.88. The van der Waals surface area contributed by atoms with Gasteiger partial charge >= 0.3 is 0 Å². The van der Waals surface area contributed by atoms with Crippen molar-refractivity contribution >= 4 is 27.4 Å². The molecule has 1 heterocycles. The minimum absolute atomic E-state index is 0.00603. The van der Waals surface area contributed by atoms with Crippen molar-refractivity contribution in [1.82, 2.24) is 0 Å². The SMILES string of the molecule is CC(C)Oc1ccc(S(=O)(=O)OCCCN2C(=O)C(C)(C)Nc3ccccc32)cc1. The summed E-state index contributed by atoms with van der Waals surface area (Å²) in [4.78, 5) is 14.6. The van der Waals surface area contributed by atoms with Gasteiger partial charge in [0.25, 0.3) is 16.0 Å². The molecule has 0 saturated carbocycles. The van der Waals surface area contributed by atoms with Crippen molar-refractivity contribution in [2.75, 3.05) is 23.4 Å². The number of carbonyl (C=O) groups excluding carboxylic acids is 1. The Morgan fingerprint density at radius 1 is 1.07 bits per heavy atom. The van der Waals surface area contributed by atoms with Crippen molar-refractivity contribution < 1.29 is 22.1 Å². The van der Waals surface area contributed by atoms with E-state index in [1.165, 1.54) is 12.1 Å². The van der Waals surface area contributed by atoms with E-state index in [2.05, 4.69) is 5.32 Å². The average Bonchev–Trinajstić information content (AvgIpc) is 2.67. The lowest BCUT2D eigenvalue weighted by Crippen LogP contribution is -2.54. The van der Waals surface area contributed by atoms with E-state index < -0.39 is 15.7 Å². The van der Waals surface area contributed by atoms with Crippen LogP contribution in [0.15, 0.2) is 53.4 Å². The van der Waals surface area contributed by atoms with Crippen molar-refractivity contribution in [2.24, 2.45) is 0 Å². The molecule has 8 heteroatoms. The van der Waals surface area contributed by atoms with Crippen LogP contribution in [0.25, 0.3) is 0 Å². The standard InChI is InChI=1S/C22H28N2O5S/c1-16(2)29-17-10-12-18(13-11-17)30(26,27)28-15-7-14-24-20-9-6-5-8-19(20)23-22(3,4)21(24)25/h5-6,8-13,16,23H,7,14-15H2,1-4H3. The fourth-order valence-corrected chi connectivity index (χ4v) is 4.23. The van der Waals surface area contributed by atoms with Gasteiger partial charge in [-0.05, 0) is 70.5 Å². The van der Waals surface area contributed by atoms with E-state index in [4.69, 9.17) is 8.92 Å². The largest absolute Gasteiger partial charge is 0.491 e. The maximum atomic E-state index is 12.8. The predicted octanol–water partition coefficient (Wildman–Crippen LogP) is 3.81. The second kappa shape index (κ2) is 8.65. The summed E-state index contributed by atoms with van der Waals surface area (Å²) in [7, 11) is -3.88. The van der Waals surface area contributed by atoms with Crippen LogP contribution in [0.2, 0.25) is 0 Å². The van der Waals surface area contributed by atoms with Gasteiger partial charge in [0.1, 0.15) is 11.3 Å². The molecule has 1 amide bonds. The molecule has 2 aromatic rings. The zero-order valence-electron chi connectivity index (χ0n) is 17.7. The lowest BCUT2D eigenvalue weighted by Gasteiger charge is -2.40. The fraction of sp³-hybridized carbons (Fsp3) is 0.409. The van der Waals surface area contributed by atoms with Gasteiger partial charge < -0.3 is 15.0 Å². The Morgan fingerprint density at radius 2 is 1.73 bits per heavy atom. The maximum absolute atomic E-state index is 12.8.